The number of nitrogens with one attached hydrogen (secondary N) is 2. The monoisotopic (exact) mass is 272 g/mol. The molecule has 1 aliphatic rings. The van der Waals surface area contributed by atoms with E-state index in [0.717, 1.165) is 0 Å². The number of hydrogen-bond acceptors (Lipinski definition) is 4. The van der Waals surface area contributed by atoms with Crippen molar-refractivity contribution in [1.29, 1.82) is 0 Å². The van der Waals surface area contributed by atoms with E-state index >= 15 is 0 Å². The van der Waals surface area contributed by atoms with E-state index in [4.69, 9.17) is 0 Å². The van der Waals surface area contributed by atoms with Gasteiger partial charge in [-0.05, 0) is 27.7 Å². The molecular weight excluding hydrogens is 252 g/mol. The number of piperazine rings is 1. The topological polar surface area (TPSA) is 78.1 Å². The van der Waals surface area contributed by atoms with Crippen LogP contribution in [0.5, 0.6) is 0 Å². The van der Waals surface area contributed by atoms with Crippen LogP contribution in [0, 0.1) is 13.8 Å². The predicted molar refractivity (Wildman–Crippen MR) is 68.9 cm³/mol. The highest BCUT2D eigenvalue weighted by atomic mass is 32.2. The molecule has 0 atom stereocenters. The van der Waals surface area contributed by atoms with Crippen LogP contribution >= 0.6 is 0 Å². The Morgan fingerprint density at radius 3 is 2.50 bits per heavy atom. The van der Waals surface area contributed by atoms with Gasteiger partial charge in [-0.3, -0.25) is 5.10 Å². The molecule has 0 bridgehead atoms. The van der Waals surface area contributed by atoms with E-state index in [1.54, 1.807) is 18.2 Å². The van der Waals surface area contributed by atoms with Gasteiger partial charge >= 0.3 is 0 Å². The Morgan fingerprint density at radius 1 is 1.33 bits per heavy atom. The minimum Gasteiger partial charge on any atom is -0.314 e. The lowest BCUT2D eigenvalue weighted by Gasteiger charge is -2.41. The second-order valence-electron chi connectivity index (χ2n) is 5.33. The number of nitrogens with zero attached hydrogens (tertiary/aromatic N) is 2. The Balaban J connectivity index is 2.49. The number of aromatic amines is 1. The lowest BCUT2D eigenvalue weighted by molar-refractivity contribution is 0.186. The van der Waals surface area contributed by atoms with Crippen molar-refractivity contribution in [2.24, 2.45) is 0 Å². The van der Waals surface area contributed by atoms with Crippen molar-refractivity contribution in [3.8, 4) is 0 Å². The second-order valence-corrected chi connectivity index (χ2v) is 7.13. The first-order valence-corrected chi connectivity index (χ1v) is 7.46. The van der Waals surface area contributed by atoms with E-state index in [1.165, 1.54) is 0 Å². The minimum absolute atomic E-state index is 0.317. The van der Waals surface area contributed by atoms with Gasteiger partial charge in [-0.1, -0.05) is 0 Å². The number of aryl methyl sites for hydroxylation is 2. The van der Waals surface area contributed by atoms with Crippen LogP contribution in [-0.2, 0) is 10.0 Å². The van der Waals surface area contributed by atoms with Crippen LogP contribution in [0.3, 0.4) is 0 Å². The molecule has 0 aliphatic carbocycles. The smallest absolute Gasteiger partial charge is 0.247 e. The molecule has 0 spiro atoms. The first kappa shape index (κ1) is 13.5. The molecule has 1 aliphatic heterocycles. The molecule has 2 heterocycles. The molecule has 1 fully saturated rings. The van der Waals surface area contributed by atoms with Crippen molar-refractivity contribution in [3.05, 3.63) is 11.4 Å². The van der Waals surface area contributed by atoms with Crippen molar-refractivity contribution in [2.75, 3.05) is 19.6 Å². The van der Waals surface area contributed by atoms with E-state index in [-0.39, 0.29) is 0 Å². The molecule has 0 aromatic carbocycles. The molecule has 1 aromatic heterocycles. The Labute approximate surface area is 108 Å². The fourth-order valence-electron chi connectivity index (χ4n) is 2.44. The summed E-state index contributed by atoms with van der Waals surface area (Å²) in [5.41, 5.74) is 0.705. The lowest BCUT2D eigenvalue weighted by atomic mass is 10.0. The van der Waals surface area contributed by atoms with E-state index in [2.05, 4.69) is 15.5 Å². The van der Waals surface area contributed by atoms with Crippen LogP contribution in [-0.4, -0.2) is 48.1 Å². The molecule has 1 aromatic rings. The molecule has 0 saturated carbocycles. The van der Waals surface area contributed by atoms with E-state index in [9.17, 15) is 8.42 Å². The summed E-state index contributed by atoms with van der Waals surface area (Å²) in [6, 6.07) is 0. The summed E-state index contributed by atoms with van der Waals surface area (Å²) in [4.78, 5) is 0.317. The quantitative estimate of drug-likeness (QED) is 0.817. The second kappa shape index (κ2) is 4.32. The standard InChI is InChI=1S/C11H20N4O2S/c1-8-10(9(2)14-13-8)18(16,17)15-6-5-12-7-11(15,3)4/h12H,5-7H2,1-4H3,(H,13,14). The third-order valence-corrected chi connectivity index (χ3v) is 5.71. The first-order chi connectivity index (χ1) is 8.27. The fourth-order valence-corrected chi connectivity index (χ4v) is 4.56. The number of hydrogen-bond donors (Lipinski definition) is 2. The summed E-state index contributed by atoms with van der Waals surface area (Å²) in [5, 5.41) is 9.94. The normalized spacial score (nSPS) is 21.1. The predicted octanol–water partition coefficient (Wildman–Crippen LogP) is 0.399. The minimum atomic E-state index is -3.49. The summed E-state index contributed by atoms with van der Waals surface area (Å²) >= 11 is 0. The number of H-pyrrole nitrogens is 1. The third kappa shape index (κ3) is 2.06. The highest BCUT2D eigenvalue weighted by Gasteiger charge is 2.40. The molecule has 1 saturated heterocycles. The number of aromatic nitrogens is 2. The Morgan fingerprint density at radius 2 is 2.00 bits per heavy atom. The average Bonchev–Trinajstić information content (AvgIpc) is 2.57. The van der Waals surface area contributed by atoms with Gasteiger partial charge < -0.3 is 5.32 Å². The maximum Gasteiger partial charge on any atom is 0.247 e. The van der Waals surface area contributed by atoms with Crippen LogP contribution in [0.25, 0.3) is 0 Å². The summed E-state index contributed by atoms with van der Waals surface area (Å²) in [5.74, 6) is 0. The van der Waals surface area contributed by atoms with E-state index in [1.807, 2.05) is 13.8 Å². The largest absolute Gasteiger partial charge is 0.314 e. The Hall–Kier alpha value is -0.920. The van der Waals surface area contributed by atoms with Crippen LogP contribution in [0.1, 0.15) is 25.2 Å². The zero-order chi connectivity index (χ0) is 13.6. The number of rotatable bonds is 2. The Bertz CT molecular complexity index is 528. The summed E-state index contributed by atoms with van der Waals surface area (Å²) < 4.78 is 27.1. The van der Waals surface area contributed by atoms with E-state index in [0.29, 0.717) is 35.9 Å². The lowest BCUT2D eigenvalue weighted by Crippen LogP contribution is -2.59. The van der Waals surface area contributed by atoms with Crippen molar-refractivity contribution in [2.45, 2.75) is 38.1 Å². The SMILES string of the molecule is Cc1n[nH]c(C)c1S(=O)(=O)N1CCNCC1(C)C. The van der Waals surface area contributed by atoms with Crippen LogP contribution in [0.2, 0.25) is 0 Å². The van der Waals surface area contributed by atoms with Crippen LogP contribution < -0.4 is 5.32 Å². The van der Waals surface area contributed by atoms with Crippen molar-refractivity contribution < 1.29 is 8.42 Å². The maximum atomic E-state index is 12.7. The fraction of sp³-hybridized carbons (Fsp3) is 0.727. The molecule has 0 unspecified atom stereocenters. The van der Waals surface area contributed by atoms with Gasteiger partial charge in [0.25, 0.3) is 0 Å². The summed E-state index contributed by atoms with van der Waals surface area (Å²) in [7, 11) is -3.49. The molecule has 6 nitrogen and oxygen atoms in total. The molecule has 7 heteroatoms. The molecule has 2 rings (SSSR count). The molecule has 2 N–H and O–H groups in total. The zero-order valence-corrected chi connectivity index (χ0v) is 12.1. The van der Waals surface area contributed by atoms with Gasteiger partial charge in [-0.15, -0.1) is 0 Å². The molecule has 18 heavy (non-hydrogen) atoms. The van der Waals surface area contributed by atoms with Gasteiger partial charge in [0, 0.05) is 25.2 Å². The zero-order valence-electron chi connectivity index (χ0n) is 11.2. The molecule has 102 valence electrons. The maximum absolute atomic E-state index is 12.7. The highest BCUT2D eigenvalue weighted by Crippen LogP contribution is 2.28. The van der Waals surface area contributed by atoms with Crippen molar-refractivity contribution in [1.82, 2.24) is 19.8 Å². The van der Waals surface area contributed by atoms with Crippen molar-refractivity contribution in [3.63, 3.8) is 0 Å². The van der Waals surface area contributed by atoms with Gasteiger partial charge in [0.05, 0.1) is 11.4 Å². The van der Waals surface area contributed by atoms with Gasteiger partial charge in [0.2, 0.25) is 10.0 Å². The molecular formula is C11H20N4O2S. The van der Waals surface area contributed by atoms with Gasteiger partial charge in [-0.25, -0.2) is 8.42 Å². The molecule has 0 amide bonds. The highest BCUT2D eigenvalue weighted by molar-refractivity contribution is 7.89. The summed E-state index contributed by atoms with van der Waals surface area (Å²) in [6.45, 7) is 9.14. The van der Waals surface area contributed by atoms with Gasteiger partial charge in [0.15, 0.2) is 0 Å². The van der Waals surface area contributed by atoms with Crippen molar-refractivity contribution >= 4 is 10.0 Å². The average molecular weight is 272 g/mol. The summed E-state index contributed by atoms with van der Waals surface area (Å²) in [6.07, 6.45) is 0. The first-order valence-electron chi connectivity index (χ1n) is 6.02. The Kier molecular flexibility index (Phi) is 3.25. The van der Waals surface area contributed by atoms with Gasteiger partial charge in [-0.2, -0.15) is 9.40 Å². The number of sulfonamides is 1. The van der Waals surface area contributed by atoms with E-state index < -0.39 is 15.6 Å². The third-order valence-electron chi connectivity index (χ3n) is 3.33. The molecule has 0 radical (unpaired) electrons. The van der Waals surface area contributed by atoms with Crippen LogP contribution in [0.15, 0.2) is 4.90 Å². The van der Waals surface area contributed by atoms with Crippen LogP contribution in [0.4, 0.5) is 0 Å². The van der Waals surface area contributed by atoms with Gasteiger partial charge in [0.1, 0.15) is 4.90 Å².